The van der Waals surface area contributed by atoms with E-state index in [-0.39, 0.29) is 28.9 Å². The van der Waals surface area contributed by atoms with E-state index in [1.807, 2.05) is 0 Å². The highest BCUT2D eigenvalue weighted by molar-refractivity contribution is 6.35. The molecule has 1 atom stereocenters. The van der Waals surface area contributed by atoms with Crippen LogP contribution in [0.15, 0.2) is 60.7 Å². The maximum Gasteiger partial charge on any atom is 0.266 e. The zero-order valence-electron chi connectivity index (χ0n) is 15.6. The number of amides is 4. The van der Waals surface area contributed by atoms with Crippen LogP contribution < -0.4 is 9.80 Å². The molecular weight excluding hydrogens is 388 g/mol. The standard InChI is InChI=1S/C22H16N2O6/c25-12-23(20(28)13-6-2-1-3-7-13)16-10-19(27)17(11-18(16)26)24-21(29)14-8-4-5-9-15(14)22(24)30/h1-6,8-13,26-27H,7H2. The van der Waals surface area contributed by atoms with Crippen molar-refractivity contribution in [2.45, 2.75) is 6.42 Å². The SMILES string of the molecule is O=CN(C(=O)C1C=CC=CC1)c1cc(O)c(N2C(=O)c3ccccc3C2=O)cc1O. The molecule has 0 radical (unpaired) electrons. The molecule has 8 nitrogen and oxygen atoms in total. The largest absolute Gasteiger partial charge is 0.506 e. The molecule has 0 fully saturated rings. The number of carbonyl (C=O) groups excluding carboxylic acids is 4. The predicted octanol–water partition coefficient (Wildman–Crippen LogP) is 2.52. The molecule has 30 heavy (non-hydrogen) atoms. The minimum Gasteiger partial charge on any atom is -0.506 e. The van der Waals surface area contributed by atoms with Gasteiger partial charge in [0.05, 0.1) is 28.4 Å². The van der Waals surface area contributed by atoms with Crippen molar-refractivity contribution in [1.29, 1.82) is 0 Å². The van der Waals surface area contributed by atoms with E-state index >= 15 is 0 Å². The molecule has 0 bridgehead atoms. The van der Waals surface area contributed by atoms with Gasteiger partial charge >= 0.3 is 0 Å². The third-order valence-electron chi connectivity index (χ3n) is 5.01. The molecule has 0 saturated carbocycles. The fourth-order valence-electron chi connectivity index (χ4n) is 3.50. The fourth-order valence-corrected chi connectivity index (χ4v) is 3.50. The molecule has 2 aromatic rings. The van der Waals surface area contributed by atoms with Gasteiger partial charge in [-0.2, -0.15) is 0 Å². The molecule has 150 valence electrons. The Balaban J connectivity index is 1.71. The average Bonchev–Trinajstić information content (AvgIpc) is 3.02. The topological polar surface area (TPSA) is 115 Å². The lowest BCUT2D eigenvalue weighted by Gasteiger charge is -2.23. The Bertz CT molecular complexity index is 1120. The first-order chi connectivity index (χ1) is 14.4. The van der Waals surface area contributed by atoms with Crippen molar-refractivity contribution in [2.75, 3.05) is 9.80 Å². The molecule has 1 aliphatic heterocycles. The Morgan fingerprint density at radius 2 is 1.70 bits per heavy atom. The van der Waals surface area contributed by atoms with Crippen LogP contribution in [0.4, 0.5) is 11.4 Å². The van der Waals surface area contributed by atoms with Gasteiger partial charge in [0.25, 0.3) is 11.8 Å². The van der Waals surface area contributed by atoms with E-state index in [9.17, 15) is 29.4 Å². The summed E-state index contributed by atoms with van der Waals surface area (Å²) in [5.74, 6) is -3.58. The lowest BCUT2D eigenvalue weighted by atomic mass is 9.99. The molecular formula is C22H16N2O6. The molecule has 0 spiro atoms. The summed E-state index contributed by atoms with van der Waals surface area (Å²) in [5, 5.41) is 21.0. The van der Waals surface area contributed by atoms with Crippen LogP contribution in [0, 0.1) is 5.92 Å². The van der Waals surface area contributed by atoms with Crippen LogP contribution in [0.2, 0.25) is 0 Å². The number of anilines is 2. The Morgan fingerprint density at radius 3 is 2.27 bits per heavy atom. The van der Waals surface area contributed by atoms with Crippen molar-refractivity contribution in [3.63, 3.8) is 0 Å². The number of imide groups is 2. The van der Waals surface area contributed by atoms with Crippen LogP contribution in [0.5, 0.6) is 11.5 Å². The van der Waals surface area contributed by atoms with Crippen LogP contribution in [-0.2, 0) is 9.59 Å². The molecule has 2 aliphatic rings. The van der Waals surface area contributed by atoms with Gasteiger partial charge in [-0.25, -0.2) is 9.80 Å². The summed E-state index contributed by atoms with van der Waals surface area (Å²) in [7, 11) is 0. The average molecular weight is 404 g/mol. The third kappa shape index (κ3) is 2.95. The summed E-state index contributed by atoms with van der Waals surface area (Å²) in [5.41, 5.74) is -0.156. The Hall–Kier alpha value is -4.20. The summed E-state index contributed by atoms with van der Waals surface area (Å²) >= 11 is 0. The second-order valence-corrected chi connectivity index (χ2v) is 6.79. The molecule has 2 N–H and O–H groups in total. The number of phenolic OH excluding ortho intramolecular Hbond substituents is 2. The Morgan fingerprint density at radius 1 is 1.03 bits per heavy atom. The normalized spacial score (nSPS) is 17.2. The summed E-state index contributed by atoms with van der Waals surface area (Å²) < 4.78 is 0. The van der Waals surface area contributed by atoms with E-state index in [1.165, 1.54) is 12.1 Å². The van der Waals surface area contributed by atoms with Crippen molar-refractivity contribution in [2.24, 2.45) is 5.92 Å². The number of carbonyl (C=O) groups is 4. The lowest BCUT2D eigenvalue weighted by Crippen LogP contribution is -2.35. The van der Waals surface area contributed by atoms with Crippen LogP contribution in [0.25, 0.3) is 0 Å². The van der Waals surface area contributed by atoms with E-state index < -0.39 is 35.1 Å². The molecule has 0 aromatic heterocycles. The zero-order valence-corrected chi connectivity index (χ0v) is 15.6. The van der Waals surface area contributed by atoms with Crippen LogP contribution in [0.3, 0.4) is 0 Å². The van der Waals surface area contributed by atoms with Gasteiger partial charge < -0.3 is 10.2 Å². The van der Waals surface area contributed by atoms with E-state index in [1.54, 1.807) is 36.4 Å². The van der Waals surface area contributed by atoms with Gasteiger partial charge in [0.2, 0.25) is 12.3 Å². The molecule has 0 saturated heterocycles. The maximum atomic E-state index is 12.7. The van der Waals surface area contributed by atoms with E-state index in [4.69, 9.17) is 0 Å². The summed E-state index contributed by atoms with van der Waals surface area (Å²) in [4.78, 5) is 51.0. The van der Waals surface area contributed by atoms with Crippen molar-refractivity contribution in [3.05, 3.63) is 71.8 Å². The van der Waals surface area contributed by atoms with Gasteiger partial charge in [-0.15, -0.1) is 0 Å². The van der Waals surface area contributed by atoms with Crippen molar-refractivity contribution in [3.8, 4) is 11.5 Å². The quantitative estimate of drug-likeness (QED) is 0.460. The van der Waals surface area contributed by atoms with Crippen LogP contribution >= 0.6 is 0 Å². The number of fused-ring (bicyclic) bond motifs is 1. The first-order valence-electron chi connectivity index (χ1n) is 9.09. The number of rotatable bonds is 4. The number of hydrogen-bond donors (Lipinski definition) is 2. The molecule has 8 heteroatoms. The van der Waals surface area contributed by atoms with Gasteiger partial charge in [-0.1, -0.05) is 36.4 Å². The number of nitrogens with zero attached hydrogens (tertiary/aromatic N) is 2. The fraction of sp³-hybridized carbons (Fsp3) is 0.0909. The van der Waals surface area contributed by atoms with Crippen LogP contribution in [-0.4, -0.2) is 34.3 Å². The molecule has 4 rings (SSSR count). The number of allylic oxidation sites excluding steroid dienone is 3. The van der Waals surface area contributed by atoms with Gasteiger partial charge in [0.1, 0.15) is 11.5 Å². The van der Waals surface area contributed by atoms with Gasteiger partial charge in [-0.3, -0.25) is 19.2 Å². The van der Waals surface area contributed by atoms with Gasteiger partial charge in [0, 0.05) is 12.1 Å². The molecule has 1 aliphatic carbocycles. The highest BCUT2D eigenvalue weighted by atomic mass is 16.3. The number of aromatic hydroxyl groups is 2. The van der Waals surface area contributed by atoms with E-state index in [2.05, 4.69) is 0 Å². The number of phenols is 2. The lowest BCUT2D eigenvalue weighted by molar-refractivity contribution is -0.123. The first-order valence-corrected chi connectivity index (χ1v) is 9.09. The molecule has 1 heterocycles. The first kappa shape index (κ1) is 19.1. The monoisotopic (exact) mass is 404 g/mol. The highest BCUT2D eigenvalue weighted by Crippen LogP contribution is 2.42. The van der Waals surface area contributed by atoms with Crippen LogP contribution in [0.1, 0.15) is 27.1 Å². The predicted molar refractivity (Wildman–Crippen MR) is 107 cm³/mol. The Labute approximate surface area is 171 Å². The van der Waals surface area contributed by atoms with E-state index in [0.29, 0.717) is 11.3 Å². The Kier molecular flexibility index (Phi) is 4.67. The minimum absolute atomic E-state index is 0.173. The smallest absolute Gasteiger partial charge is 0.266 e. The van der Waals surface area contributed by atoms with Crippen molar-refractivity contribution >= 4 is 35.5 Å². The van der Waals surface area contributed by atoms with E-state index in [0.717, 1.165) is 17.0 Å². The second kappa shape index (κ2) is 7.32. The summed E-state index contributed by atoms with van der Waals surface area (Å²) in [6.45, 7) is 0. The molecule has 1 unspecified atom stereocenters. The molecule has 2 aromatic carbocycles. The third-order valence-corrected chi connectivity index (χ3v) is 5.01. The summed E-state index contributed by atoms with van der Waals surface area (Å²) in [6.07, 6.45) is 7.48. The summed E-state index contributed by atoms with van der Waals surface area (Å²) in [6, 6.07) is 8.14. The minimum atomic E-state index is -0.652. The van der Waals surface area contributed by atoms with Gasteiger partial charge in [-0.05, 0) is 18.6 Å². The maximum absolute atomic E-state index is 12.7. The second-order valence-electron chi connectivity index (χ2n) is 6.79. The van der Waals surface area contributed by atoms with Crippen molar-refractivity contribution in [1.82, 2.24) is 0 Å². The highest BCUT2D eigenvalue weighted by Gasteiger charge is 2.38. The molecule has 4 amide bonds. The zero-order chi connectivity index (χ0) is 21.4. The van der Waals surface area contributed by atoms with Crippen molar-refractivity contribution < 1.29 is 29.4 Å². The van der Waals surface area contributed by atoms with Gasteiger partial charge in [0.15, 0.2) is 0 Å². The number of benzene rings is 2. The number of hydrogen-bond acceptors (Lipinski definition) is 6.